The molecule has 2 aromatic carbocycles. The first-order valence-electron chi connectivity index (χ1n) is 13.2. The van der Waals surface area contributed by atoms with Gasteiger partial charge in [-0.05, 0) is 69.7 Å². The van der Waals surface area contributed by atoms with Gasteiger partial charge >= 0.3 is 6.18 Å². The zero-order valence-corrected chi connectivity index (χ0v) is 23.0. The molecule has 0 unspecified atom stereocenters. The van der Waals surface area contributed by atoms with Gasteiger partial charge in [0, 0.05) is 30.4 Å². The molecule has 3 heterocycles. The van der Waals surface area contributed by atoms with Crippen molar-refractivity contribution in [3.05, 3.63) is 81.2 Å². The molecule has 4 aromatic rings. The molecule has 1 amide bonds. The third-order valence-corrected chi connectivity index (χ3v) is 7.10. The highest BCUT2D eigenvalue weighted by molar-refractivity contribution is 5.94. The van der Waals surface area contributed by atoms with Crippen LogP contribution in [0.25, 0.3) is 10.9 Å². The van der Waals surface area contributed by atoms with E-state index in [1.807, 2.05) is 13.8 Å². The van der Waals surface area contributed by atoms with Crippen LogP contribution in [0.4, 0.5) is 18.9 Å². The molecule has 0 bridgehead atoms. The van der Waals surface area contributed by atoms with Gasteiger partial charge in [-0.15, -0.1) is 0 Å². The number of alkyl halides is 3. The van der Waals surface area contributed by atoms with Crippen molar-refractivity contribution in [3.63, 3.8) is 0 Å². The van der Waals surface area contributed by atoms with Crippen LogP contribution in [0, 0.1) is 6.92 Å². The molecular weight excluding hydrogens is 539 g/mol. The number of aromatic amines is 1. The van der Waals surface area contributed by atoms with E-state index < -0.39 is 23.3 Å². The number of hydrogen-bond donors (Lipinski definition) is 2. The zero-order valence-electron chi connectivity index (χ0n) is 23.0. The van der Waals surface area contributed by atoms with Crippen molar-refractivity contribution in [3.8, 4) is 0 Å². The molecule has 2 N–H and O–H groups in total. The molecule has 10 nitrogen and oxygen atoms in total. The van der Waals surface area contributed by atoms with Crippen LogP contribution in [0.3, 0.4) is 0 Å². The van der Waals surface area contributed by atoms with E-state index in [0.29, 0.717) is 30.0 Å². The van der Waals surface area contributed by atoms with Crippen molar-refractivity contribution in [2.75, 3.05) is 18.4 Å². The Bertz CT molecular complexity index is 1610. The molecule has 2 aromatic heterocycles. The average Bonchev–Trinajstić information content (AvgIpc) is 3.43. The molecule has 1 aliphatic rings. The van der Waals surface area contributed by atoms with Crippen LogP contribution in [0.2, 0.25) is 0 Å². The summed E-state index contributed by atoms with van der Waals surface area (Å²) in [5.41, 5.74) is -0.0194. The second kappa shape index (κ2) is 11.0. The van der Waals surface area contributed by atoms with Crippen molar-refractivity contribution in [2.45, 2.75) is 58.7 Å². The standard InChI is InChI=1S/C28H30F3N7O3/c1-15-12-37(13-16(2)41-15)26(39)19-5-7-20(8-6-19)33-17(3)22-9-23-25(10-24(22)28(29,30)31)34-18(4)38(27(23)40)14-21-11-32-36-35-21/h5-11,15-17,33H,12-14H2,1-4H3,(H,32,35,36)/t15-,16+,17-/m0/s1. The largest absolute Gasteiger partial charge is 0.416 e. The van der Waals surface area contributed by atoms with E-state index in [9.17, 15) is 22.8 Å². The Morgan fingerprint density at radius 2 is 1.85 bits per heavy atom. The highest BCUT2D eigenvalue weighted by Gasteiger charge is 2.36. The highest BCUT2D eigenvalue weighted by Crippen LogP contribution is 2.37. The molecule has 1 saturated heterocycles. The van der Waals surface area contributed by atoms with Crippen LogP contribution < -0.4 is 10.9 Å². The number of ether oxygens (including phenoxy) is 1. The first-order chi connectivity index (χ1) is 19.4. The third-order valence-electron chi connectivity index (χ3n) is 7.10. The van der Waals surface area contributed by atoms with Crippen LogP contribution in [-0.4, -0.2) is 61.1 Å². The summed E-state index contributed by atoms with van der Waals surface area (Å²) in [5.74, 6) is 0.123. The summed E-state index contributed by atoms with van der Waals surface area (Å²) in [6.45, 7) is 8.00. The van der Waals surface area contributed by atoms with Crippen LogP contribution >= 0.6 is 0 Å². The topological polar surface area (TPSA) is 118 Å². The molecule has 3 atom stereocenters. The van der Waals surface area contributed by atoms with E-state index in [1.54, 1.807) is 43.0 Å². The lowest BCUT2D eigenvalue weighted by Crippen LogP contribution is -2.48. The molecule has 216 valence electrons. The Morgan fingerprint density at radius 1 is 1.17 bits per heavy atom. The minimum absolute atomic E-state index is 0.0400. The fourth-order valence-corrected chi connectivity index (χ4v) is 5.21. The van der Waals surface area contributed by atoms with Gasteiger partial charge < -0.3 is 15.0 Å². The van der Waals surface area contributed by atoms with E-state index in [2.05, 4.69) is 25.7 Å². The number of halogens is 3. The summed E-state index contributed by atoms with van der Waals surface area (Å²) in [4.78, 5) is 32.4. The molecule has 1 aliphatic heterocycles. The quantitative estimate of drug-likeness (QED) is 0.355. The summed E-state index contributed by atoms with van der Waals surface area (Å²) < 4.78 is 49.6. The fraction of sp³-hybridized carbons (Fsp3) is 0.393. The van der Waals surface area contributed by atoms with Gasteiger partial charge in [0.15, 0.2) is 0 Å². The van der Waals surface area contributed by atoms with Gasteiger partial charge in [0.2, 0.25) is 0 Å². The van der Waals surface area contributed by atoms with Crippen molar-refractivity contribution in [2.24, 2.45) is 0 Å². The lowest BCUT2D eigenvalue weighted by molar-refractivity contribution is -0.138. The van der Waals surface area contributed by atoms with Crippen molar-refractivity contribution in [1.82, 2.24) is 29.9 Å². The van der Waals surface area contributed by atoms with Gasteiger partial charge in [0.1, 0.15) is 11.5 Å². The first kappa shape index (κ1) is 28.3. The number of morpholine rings is 1. The maximum Gasteiger partial charge on any atom is 0.416 e. The molecule has 0 radical (unpaired) electrons. The van der Waals surface area contributed by atoms with E-state index in [-0.39, 0.29) is 47.0 Å². The summed E-state index contributed by atoms with van der Waals surface area (Å²) >= 11 is 0. The number of nitrogens with one attached hydrogen (secondary N) is 2. The number of rotatable bonds is 6. The minimum atomic E-state index is -4.67. The zero-order chi connectivity index (χ0) is 29.5. The molecule has 0 aliphatic carbocycles. The van der Waals surface area contributed by atoms with Gasteiger partial charge in [0.05, 0.1) is 41.4 Å². The molecule has 0 spiro atoms. The fourth-order valence-electron chi connectivity index (χ4n) is 5.21. The Morgan fingerprint density at radius 3 is 2.46 bits per heavy atom. The van der Waals surface area contributed by atoms with Gasteiger partial charge in [-0.3, -0.25) is 14.2 Å². The Kier molecular flexibility index (Phi) is 7.56. The molecule has 5 rings (SSSR count). The molecule has 13 heteroatoms. The number of amides is 1. The second-order valence-corrected chi connectivity index (χ2v) is 10.4. The number of aromatic nitrogens is 5. The van der Waals surface area contributed by atoms with Crippen LogP contribution in [0.1, 0.15) is 59.8 Å². The number of nitrogens with zero attached hydrogens (tertiary/aromatic N) is 5. The van der Waals surface area contributed by atoms with Crippen molar-refractivity contribution in [1.29, 1.82) is 0 Å². The van der Waals surface area contributed by atoms with E-state index in [1.165, 1.54) is 16.8 Å². The van der Waals surface area contributed by atoms with Gasteiger partial charge in [0.25, 0.3) is 11.5 Å². The van der Waals surface area contributed by atoms with Gasteiger partial charge in [-0.25, -0.2) is 4.98 Å². The number of hydrogen-bond acceptors (Lipinski definition) is 7. The Labute approximate surface area is 233 Å². The van der Waals surface area contributed by atoms with Crippen LogP contribution in [0.5, 0.6) is 0 Å². The van der Waals surface area contributed by atoms with E-state index >= 15 is 0 Å². The first-order valence-corrected chi connectivity index (χ1v) is 13.2. The van der Waals surface area contributed by atoms with Crippen molar-refractivity contribution < 1.29 is 22.7 Å². The molecule has 1 fully saturated rings. The average molecular weight is 570 g/mol. The van der Waals surface area contributed by atoms with Gasteiger partial charge in [-0.2, -0.15) is 28.6 Å². The summed E-state index contributed by atoms with van der Waals surface area (Å²) in [6, 6.07) is 7.93. The number of benzene rings is 2. The maximum absolute atomic E-state index is 14.2. The highest BCUT2D eigenvalue weighted by atomic mass is 19.4. The summed E-state index contributed by atoms with van der Waals surface area (Å²) in [6.07, 6.45) is -3.35. The number of fused-ring (bicyclic) bond motifs is 1. The Balaban J connectivity index is 1.44. The van der Waals surface area contributed by atoms with E-state index in [4.69, 9.17) is 4.74 Å². The van der Waals surface area contributed by atoms with Gasteiger partial charge in [-0.1, -0.05) is 0 Å². The third kappa shape index (κ3) is 5.94. The number of carbonyl (C=O) groups excluding carboxylic acids is 1. The summed E-state index contributed by atoms with van der Waals surface area (Å²) in [5, 5.41) is 13.3. The SMILES string of the molecule is Cc1nc2cc(C(F)(F)F)c([C@H](C)Nc3ccc(C(=O)N4C[C@@H](C)O[C@@H](C)C4)cc3)cc2c(=O)n1Cc1cn[nH]n1. The lowest BCUT2D eigenvalue weighted by atomic mass is 9.98. The minimum Gasteiger partial charge on any atom is -0.379 e. The molecular formula is C28H30F3N7O3. The lowest BCUT2D eigenvalue weighted by Gasteiger charge is -2.35. The number of carbonyl (C=O) groups is 1. The second-order valence-electron chi connectivity index (χ2n) is 10.4. The molecule has 0 saturated carbocycles. The number of aryl methyl sites for hydroxylation is 1. The number of H-pyrrole nitrogens is 1. The van der Waals surface area contributed by atoms with Crippen molar-refractivity contribution >= 4 is 22.5 Å². The predicted molar refractivity (Wildman–Crippen MR) is 146 cm³/mol. The van der Waals surface area contributed by atoms with E-state index in [0.717, 1.165) is 6.07 Å². The smallest absolute Gasteiger partial charge is 0.379 e. The maximum atomic E-state index is 14.2. The normalized spacial score (nSPS) is 18.5. The predicted octanol–water partition coefficient (Wildman–Crippen LogP) is 4.31. The molecule has 41 heavy (non-hydrogen) atoms. The van der Waals surface area contributed by atoms with Crippen LogP contribution in [0.15, 0.2) is 47.4 Å². The summed E-state index contributed by atoms with van der Waals surface area (Å²) in [7, 11) is 0. The monoisotopic (exact) mass is 569 g/mol. The van der Waals surface area contributed by atoms with Crippen LogP contribution in [-0.2, 0) is 17.5 Å². The Hall–Kier alpha value is -4.26. The number of anilines is 1.